The molecule has 2 aromatic heterocycles. The molecule has 4 N–H and O–H groups in total. The maximum Gasteiger partial charge on any atom is 0.323 e. The molecule has 0 spiro atoms. The average Bonchev–Trinajstić information content (AvgIpc) is 2.92. The zero-order valence-corrected chi connectivity index (χ0v) is 8.95. The molecule has 0 aliphatic carbocycles. The molecule has 0 saturated heterocycles. The van der Waals surface area contributed by atoms with Crippen LogP contribution in [0.4, 0.5) is 5.69 Å². The average molecular weight is 229 g/mol. The van der Waals surface area contributed by atoms with Gasteiger partial charge in [-0.2, -0.15) is 0 Å². The number of rotatable bonds is 3. The van der Waals surface area contributed by atoms with E-state index >= 15 is 0 Å². The van der Waals surface area contributed by atoms with Crippen LogP contribution in [0.2, 0.25) is 0 Å². The van der Waals surface area contributed by atoms with Crippen molar-refractivity contribution in [2.75, 3.05) is 5.32 Å². The van der Waals surface area contributed by atoms with E-state index in [2.05, 4.69) is 25.3 Å². The van der Waals surface area contributed by atoms with Gasteiger partial charge < -0.3 is 20.3 Å². The van der Waals surface area contributed by atoms with E-state index < -0.39 is 0 Å². The molecule has 0 saturated carbocycles. The third kappa shape index (κ3) is 1.92. The minimum Gasteiger partial charge on any atom is -0.378 e. The van der Waals surface area contributed by atoms with Crippen LogP contribution >= 0.6 is 0 Å². The fourth-order valence-electron chi connectivity index (χ4n) is 1.72. The van der Waals surface area contributed by atoms with Crippen LogP contribution < -0.4 is 11.0 Å². The summed E-state index contributed by atoms with van der Waals surface area (Å²) in [5.74, 6) is 0.868. The van der Waals surface area contributed by atoms with Crippen LogP contribution in [-0.2, 0) is 6.54 Å². The Kier molecular flexibility index (Phi) is 2.18. The van der Waals surface area contributed by atoms with Crippen molar-refractivity contribution in [1.82, 2.24) is 19.9 Å². The molecule has 0 unspecified atom stereocenters. The molecule has 0 radical (unpaired) electrons. The minimum absolute atomic E-state index is 0.191. The molecule has 6 heteroatoms. The highest BCUT2D eigenvalue weighted by Crippen LogP contribution is 2.14. The Morgan fingerprint density at radius 3 is 2.94 bits per heavy atom. The number of benzene rings is 1. The highest BCUT2D eigenvalue weighted by Gasteiger charge is 2.00. The van der Waals surface area contributed by atoms with Crippen LogP contribution in [0.5, 0.6) is 0 Å². The first-order valence-electron chi connectivity index (χ1n) is 5.25. The first-order valence-corrected chi connectivity index (χ1v) is 5.25. The van der Waals surface area contributed by atoms with Gasteiger partial charge in [0.15, 0.2) is 0 Å². The summed E-state index contributed by atoms with van der Waals surface area (Å²) in [4.78, 5) is 23.6. The van der Waals surface area contributed by atoms with Crippen molar-refractivity contribution >= 4 is 16.7 Å². The Morgan fingerprint density at radius 1 is 1.24 bits per heavy atom. The van der Waals surface area contributed by atoms with Gasteiger partial charge in [0.25, 0.3) is 0 Å². The van der Waals surface area contributed by atoms with Crippen molar-refractivity contribution in [1.29, 1.82) is 0 Å². The molecule has 0 fully saturated rings. The van der Waals surface area contributed by atoms with Crippen molar-refractivity contribution in [3.63, 3.8) is 0 Å². The molecule has 0 aliphatic rings. The Hall–Kier alpha value is -2.50. The van der Waals surface area contributed by atoms with Crippen molar-refractivity contribution in [2.24, 2.45) is 0 Å². The molecular formula is C11H11N5O. The quantitative estimate of drug-likeness (QED) is 0.544. The molecule has 2 heterocycles. The number of aromatic amines is 3. The summed E-state index contributed by atoms with van der Waals surface area (Å²) in [6.07, 6.45) is 3.49. The summed E-state index contributed by atoms with van der Waals surface area (Å²) in [7, 11) is 0. The lowest BCUT2D eigenvalue weighted by atomic mass is 10.3. The van der Waals surface area contributed by atoms with E-state index in [4.69, 9.17) is 0 Å². The second kappa shape index (κ2) is 3.82. The van der Waals surface area contributed by atoms with Gasteiger partial charge in [0.1, 0.15) is 5.82 Å². The monoisotopic (exact) mass is 229 g/mol. The molecule has 0 atom stereocenters. The summed E-state index contributed by atoms with van der Waals surface area (Å²) < 4.78 is 0. The predicted octanol–water partition coefficient (Wildman–Crippen LogP) is 1.19. The standard InChI is InChI=1S/C11H11N5O/c17-11-15-8-2-1-7(5-9(8)16-11)14-6-10-12-3-4-13-10/h1-5,14H,6H2,(H,12,13)(H2,15,16,17). The summed E-state index contributed by atoms with van der Waals surface area (Å²) in [6.45, 7) is 0.618. The summed E-state index contributed by atoms with van der Waals surface area (Å²) in [5, 5.41) is 3.22. The smallest absolute Gasteiger partial charge is 0.323 e. The SMILES string of the molecule is O=c1[nH]c2ccc(NCc3ncc[nH]3)cc2[nH]1. The lowest BCUT2D eigenvalue weighted by Crippen LogP contribution is -2.00. The molecule has 0 amide bonds. The third-order valence-corrected chi connectivity index (χ3v) is 2.53. The zero-order chi connectivity index (χ0) is 11.7. The van der Waals surface area contributed by atoms with Crippen LogP contribution in [0, 0.1) is 0 Å². The van der Waals surface area contributed by atoms with Gasteiger partial charge in [-0.15, -0.1) is 0 Å². The summed E-state index contributed by atoms with van der Waals surface area (Å²) in [6, 6.07) is 5.66. The number of aromatic nitrogens is 4. The van der Waals surface area contributed by atoms with Gasteiger partial charge >= 0.3 is 5.69 Å². The molecule has 3 aromatic rings. The van der Waals surface area contributed by atoms with Crippen molar-refractivity contribution in [3.8, 4) is 0 Å². The number of fused-ring (bicyclic) bond motifs is 1. The van der Waals surface area contributed by atoms with Gasteiger partial charge in [0.05, 0.1) is 17.6 Å². The maximum absolute atomic E-state index is 11.1. The molecule has 17 heavy (non-hydrogen) atoms. The van der Waals surface area contributed by atoms with Crippen LogP contribution in [0.3, 0.4) is 0 Å². The number of nitrogens with zero attached hydrogens (tertiary/aromatic N) is 1. The number of hydrogen-bond donors (Lipinski definition) is 4. The molecule has 86 valence electrons. The Labute approximate surface area is 96.1 Å². The lowest BCUT2D eigenvalue weighted by molar-refractivity contribution is 1.00. The second-order valence-electron chi connectivity index (χ2n) is 3.73. The van der Waals surface area contributed by atoms with E-state index in [1.54, 1.807) is 12.4 Å². The Bertz CT molecular complexity index is 679. The van der Waals surface area contributed by atoms with Crippen molar-refractivity contribution in [2.45, 2.75) is 6.54 Å². The van der Waals surface area contributed by atoms with Gasteiger partial charge in [0, 0.05) is 18.1 Å². The van der Waals surface area contributed by atoms with Gasteiger partial charge in [-0.3, -0.25) is 0 Å². The van der Waals surface area contributed by atoms with E-state index in [-0.39, 0.29) is 5.69 Å². The molecule has 3 rings (SSSR count). The number of hydrogen-bond acceptors (Lipinski definition) is 3. The zero-order valence-electron chi connectivity index (χ0n) is 8.95. The lowest BCUT2D eigenvalue weighted by Gasteiger charge is -2.03. The normalized spacial score (nSPS) is 10.8. The van der Waals surface area contributed by atoms with Crippen LogP contribution in [0.25, 0.3) is 11.0 Å². The van der Waals surface area contributed by atoms with Gasteiger partial charge in [0.2, 0.25) is 0 Å². The van der Waals surface area contributed by atoms with Crippen LogP contribution in [-0.4, -0.2) is 19.9 Å². The Balaban J connectivity index is 1.83. The highest BCUT2D eigenvalue weighted by molar-refractivity contribution is 5.78. The molecule has 6 nitrogen and oxygen atoms in total. The fourth-order valence-corrected chi connectivity index (χ4v) is 1.72. The van der Waals surface area contributed by atoms with E-state index in [1.165, 1.54) is 0 Å². The molecular weight excluding hydrogens is 218 g/mol. The number of H-pyrrole nitrogens is 3. The van der Waals surface area contributed by atoms with Crippen LogP contribution in [0.15, 0.2) is 35.4 Å². The summed E-state index contributed by atoms with van der Waals surface area (Å²) in [5.41, 5.74) is 2.34. The number of imidazole rings is 2. The van der Waals surface area contributed by atoms with Gasteiger partial charge in [-0.05, 0) is 18.2 Å². The van der Waals surface area contributed by atoms with E-state index in [0.29, 0.717) is 6.54 Å². The highest BCUT2D eigenvalue weighted by atomic mass is 16.1. The van der Waals surface area contributed by atoms with Crippen LogP contribution in [0.1, 0.15) is 5.82 Å². The van der Waals surface area contributed by atoms with Crippen molar-refractivity contribution in [3.05, 3.63) is 46.9 Å². The fraction of sp³-hybridized carbons (Fsp3) is 0.0909. The van der Waals surface area contributed by atoms with Gasteiger partial charge in [-0.25, -0.2) is 9.78 Å². The maximum atomic E-state index is 11.1. The van der Waals surface area contributed by atoms with Gasteiger partial charge in [-0.1, -0.05) is 0 Å². The predicted molar refractivity (Wildman–Crippen MR) is 64.8 cm³/mol. The Morgan fingerprint density at radius 2 is 2.12 bits per heavy atom. The van der Waals surface area contributed by atoms with E-state index in [0.717, 1.165) is 22.5 Å². The molecule has 1 aromatic carbocycles. The topological polar surface area (TPSA) is 89.4 Å². The third-order valence-electron chi connectivity index (χ3n) is 2.53. The second-order valence-corrected chi connectivity index (χ2v) is 3.73. The van der Waals surface area contributed by atoms with Crippen molar-refractivity contribution < 1.29 is 0 Å². The van der Waals surface area contributed by atoms with E-state index in [1.807, 2.05) is 18.2 Å². The number of nitrogens with one attached hydrogen (secondary N) is 4. The molecule has 0 bridgehead atoms. The summed E-state index contributed by atoms with van der Waals surface area (Å²) >= 11 is 0. The first-order chi connectivity index (χ1) is 8.31. The minimum atomic E-state index is -0.191. The first kappa shape index (κ1) is 9.71. The largest absolute Gasteiger partial charge is 0.378 e. The molecule has 0 aliphatic heterocycles. The van der Waals surface area contributed by atoms with E-state index in [9.17, 15) is 4.79 Å². The number of anilines is 1.